The van der Waals surface area contributed by atoms with Crippen molar-refractivity contribution in [2.75, 3.05) is 13.2 Å². The van der Waals surface area contributed by atoms with E-state index in [2.05, 4.69) is 22.1 Å². The number of aliphatic hydroxyl groups excluding tert-OH is 1. The van der Waals surface area contributed by atoms with Gasteiger partial charge in [-0.05, 0) is 22.4 Å². The lowest BCUT2D eigenvalue weighted by Crippen LogP contribution is -2.31. The van der Waals surface area contributed by atoms with E-state index in [4.69, 9.17) is 5.11 Å². The van der Waals surface area contributed by atoms with Crippen LogP contribution in [0.15, 0.2) is 16.8 Å². The van der Waals surface area contributed by atoms with E-state index in [1.165, 1.54) is 5.56 Å². The Bertz CT molecular complexity index is 231. The predicted molar refractivity (Wildman–Crippen MR) is 56.9 cm³/mol. The minimum absolute atomic E-state index is 0.0178. The van der Waals surface area contributed by atoms with Crippen LogP contribution < -0.4 is 5.32 Å². The van der Waals surface area contributed by atoms with E-state index in [1.54, 1.807) is 11.3 Å². The second kappa shape index (κ2) is 4.74. The van der Waals surface area contributed by atoms with Crippen molar-refractivity contribution < 1.29 is 5.11 Å². The first-order valence-electron chi connectivity index (χ1n) is 4.47. The highest BCUT2D eigenvalue weighted by atomic mass is 32.1. The summed E-state index contributed by atoms with van der Waals surface area (Å²) in [5, 5.41) is 16.6. The summed E-state index contributed by atoms with van der Waals surface area (Å²) in [6.07, 6.45) is 0. The first kappa shape index (κ1) is 10.7. The molecule has 0 spiro atoms. The van der Waals surface area contributed by atoms with Gasteiger partial charge in [-0.25, -0.2) is 0 Å². The minimum atomic E-state index is -0.0178. The Morgan fingerprint density at radius 3 is 2.85 bits per heavy atom. The van der Waals surface area contributed by atoms with Crippen molar-refractivity contribution in [3.8, 4) is 0 Å². The molecule has 3 heteroatoms. The number of hydrogen-bond acceptors (Lipinski definition) is 3. The average molecular weight is 199 g/mol. The van der Waals surface area contributed by atoms with Crippen LogP contribution in [0.4, 0.5) is 0 Å². The van der Waals surface area contributed by atoms with Gasteiger partial charge in [-0.1, -0.05) is 13.8 Å². The Hall–Kier alpha value is -0.380. The number of aliphatic hydroxyl groups is 1. The molecule has 0 saturated heterocycles. The van der Waals surface area contributed by atoms with Crippen LogP contribution in [0.25, 0.3) is 0 Å². The molecule has 2 nitrogen and oxygen atoms in total. The highest BCUT2D eigenvalue weighted by molar-refractivity contribution is 7.07. The van der Waals surface area contributed by atoms with Gasteiger partial charge in [-0.2, -0.15) is 11.3 Å². The van der Waals surface area contributed by atoms with Gasteiger partial charge in [-0.15, -0.1) is 0 Å². The number of rotatable bonds is 5. The van der Waals surface area contributed by atoms with Gasteiger partial charge in [0, 0.05) is 25.1 Å². The Balaban J connectivity index is 2.21. The summed E-state index contributed by atoms with van der Waals surface area (Å²) in [6, 6.07) is 2.11. The van der Waals surface area contributed by atoms with Crippen LogP contribution in [0, 0.1) is 5.41 Å². The lowest BCUT2D eigenvalue weighted by Gasteiger charge is -2.21. The highest BCUT2D eigenvalue weighted by Crippen LogP contribution is 2.12. The number of nitrogens with one attached hydrogen (secondary N) is 1. The summed E-state index contributed by atoms with van der Waals surface area (Å²) < 4.78 is 0. The molecule has 0 atom stereocenters. The van der Waals surface area contributed by atoms with E-state index in [9.17, 15) is 0 Å². The summed E-state index contributed by atoms with van der Waals surface area (Å²) in [5.74, 6) is 0. The fourth-order valence-corrected chi connectivity index (χ4v) is 1.66. The van der Waals surface area contributed by atoms with Crippen molar-refractivity contribution in [1.29, 1.82) is 0 Å². The molecule has 0 aliphatic rings. The third-order valence-corrected chi connectivity index (χ3v) is 2.67. The van der Waals surface area contributed by atoms with E-state index in [0.717, 1.165) is 13.1 Å². The fraction of sp³-hybridized carbons (Fsp3) is 0.600. The predicted octanol–water partition coefficient (Wildman–Crippen LogP) is 1.86. The number of thiophene rings is 1. The molecule has 1 rings (SSSR count). The molecular weight excluding hydrogens is 182 g/mol. The SMILES string of the molecule is CC(C)(CO)CNCc1ccsc1. The Morgan fingerprint density at radius 2 is 2.31 bits per heavy atom. The molecule has 0 saturated carbocycles. The van der Waals surface area contributed by atoms with E-state index in [1.807, 2.05) is 13.8 Å². The molecule has 74 valence electrons. The summed E-state index contributed by atoms with van der Waals surface area (Å²) >= 11 is 1.71. The molecule has 1 heterocycles. The molecule has 0 radical (unpaired) electrons. The lowest BCUT2D eigenvalue weighted by atomic mass is 9.95. The van der Waals surface area contributed by atoms with E-state index >= 15 is 0 Å². The second-order valence-corrected chi connectivity index (χ2v) is 4.84. The molecule has 0 aromatic carbocycles. The third-order valence-electron chi connectivity index (χ3n) is 1.94. The zero-order valence-corrected chi connectivity index (χ0v) is 9.03. The third kappa shape index (κ3) is 3.89. The molecule has 13 heavy (non-hydrogen) atoms. The maximum absolute atomic E-state index is 9.01. The van der Waals surface area contributed by atoms with Gasteiger partial charge in [-0.3, -0.25) is 0 Å². The number of hydrogen-bond donors (Lipinski definition) is 2. The van der Waals surface area contributed by atoms with Crippen LogP contribution in [-0.2, 0) is 6.54 Å². The topological polar surface area (TPSA) is 32.3 Å². The van der Waals surface area contributed by atoms with Crippen LogP contribution in [0.5, 0.6) is 0 Å². The molecule has 2 N–H and O–H groups in total. The quantitative estimate of drug-likeness (QED) is 0.758. The summed E-state index contributed by atoms with van der Waals surface area (Å²) in [7, 11) is 0. The van der Waals surface area contributed by atoms with Gasteiger partial charge in [0.05, 0.1) is 0 Å². The molecular formula is C10H17NOS. The van der Waals surface area contributed by atoms with Gasteiger partial charge in [0.2, 0.25) is 0 Å². The lowest BCUT2D eigenvalue weighted by molar-refractivity contribution is 0.156. The van der Waals surface area contributed by atoms with Crippen LogP contribution in [-0.4, -0.2) is 18.3 Å². The summed E-state index contributed by atoms with van der Waals surface area (Å²) in [5.41, 5.74) is 1.30. The smallest absolute Gasteiger partial charge is 0.0494 e. The maximum atomic E-state index is 9.01. The molecule has 0 amide bonds. The Labute approximate surface area is 83.6 Å². The molecule has 0 bridgehead atoms. The molecule has 1 aromatic rings. The minimum Gasteiger partial charge on any atom is -0.396 e. The zero-order chi connectivity index (χ0) is 9.73. The van der Waals surface area contributed by atoms with Crippen LogP contribution in [0.1, 0.15) is 19.4 Å². The van der Waals surface area contributed by atoms with Crippen molar-refractivity contribution in [1.82, 2.24) is 5.32 Å². The Kier molecular flexibility index (Phi) is 3.90. The molecule has 1 aromatic heterocycles. The van der Waals surface area contributed by atoms with Crippen molar-refractivity contribution in [3.63, 3.8) is 0 Å². The van der Waals surface area contributed by atoms with Crippen molar-refractivity contribution >= 4 is 11.3 Å². The van der Waals surface area contributed by atoms with Gasteiger partial charge in [0.15, 0.2) is 0 Å². The molecule has 0 unspecified atom stereocenters. The molecule has 0 aliphatic heterocycles. The van der Waals surface area contributed by atoms with Gasteiger partial charge < -0.3 is 10.4 Å². The largest absolute Gasteiger partial charge is 0.396 e. The van der Waals surface area contributed by atoms with Crippen molar-refractivity contribution in [2.45, 2.75) is 20.4 Å². The first-order chi connectivity index (χ1) is 6.14. The van der Waals surface area contributed by atoms with Crippen LogP contribution in [0.2, 0.25) is 0 Å². The average Bonchev–Trinajstić information content (AvgIpc) is 2.57. The zero-order valence-electron chi connectivity index (χ0n) is 8.21. The normalized spacial score (nSPS) is 11.9. The first-order valence-corrected chi connectivity index (χ1v) is 5.41. The second-order valence-electron chi connectivity index (χ2n) is 4.06. The van der Waals surface area contributed by atoms with Crippen molar-refractivity contribution in [3.05, 3.63) is 22.4 Å². The monoisotopic (exact) mass is 199 g/mol. The van der Waals surface area contributed by atoms with E-state index < -0.39 is 0 Å². The fourth-order valence-electron chi connectivity index (χ4n) is 0.994. The summed E-state index contributed by atoms with van der Waals surface area (Å²) in [4.78, 5) is 0. The van der Waals surface area contributed by atoms with Gasteiger partial charge in [0.25, 0.3) is 0 Å². The Morgan fingerprint density at radius 1 is 1.54 bits per heavy atom. The van der Waals surface area contributed by atoms with E-state index in [-0.39, 0.29) is 12.0 Å². The van der Waals surface area contributed by atoms with Crippen molar-refractivity contribution in [2.24, 2.45) is 5.41 Å². The van der Waals surface area contributed by atoms with Gasteiger partial charge in [0.1, 0.15) is 0 Å². The molecule has 0 fully saturated rings. The highest BCUT2D eigenvalue weighted by Gasteiger charge is 2.15. The maximum Gasteiger partial charge on any atom is 0.0494 e. The van der Waals surface area contributed by atoms with Crippen LogP contribution in [0.3, 0.4) is 0 Å². The van der Waals surface area contributed by atoms with E-state index in [0.29, 0.717) is 0 Å². The summed E-state index contributed by atoms with van der Waals surface area (Å²) in [6.45, 7) is 6.07. The standard InChI is InChI=1S/C10H17NOS/c1-10(2,8-12)7-11-5-9-3-4-13-6-9/h3-4,6,11-12H,5,7-8H2,1-2H3. The van der Waals surface area contributed by atoms with Crippen LogP contribution >= 0.6 is 11.3 Å². The van der Waals surface area contributed by atoms with Gasteiger partial charge >= 0.3 is 0 Å². The molecule has 0 aliphatic carbocycles.